The van der Waals surface area contributed by atoms with Gasteiger partial charge in [-0.25, -0.2) is 36.3 Å². The molecule has 5 aromatic rings. The Kier molecular flexibility index (Phi) is 11.6. The van der Waals surface area contributed by atoms with E-state index in [9.17, 15) is 32.4 Å². The van der Waals surface area contributed by atoms with E-state index in [2.05, 4.69) is 20.6 Å². The summed E-state index contributed by atoms with van der Waals surface area (Å²) in [6.45, 7) is 10.3. The molecule has 1 atom stereocenters. The second-order valence-electron chi connectivity index (χ2n) is 14.7. The Morgan fingerprint density at radius 1 is 1.02 bits per heavy atom. The predicted octanol–water partition coefficient (Wildman–Crippen LogP) is 4.32. The van der Waals surface area contributed by atoms with E-state index in [1.165, 1.54) is 54.3 Å². The Balaban J connectivity index is 1.36. The van der Waals surface area contributed by atoms with Gasteiger partial charge in [-0.15, -0.1) is 0 Å². The number of amides is 2. The van der Waals surface area contributed by atoms with Crippen molar-refractivity contribution in [2.45, 2.75) is 58.9 Å². The highest BCUT2D eigenvalue weighted by molar-refractivity contribution is 7.93. The minimum atomic E-state index is -4.52. The van der Waals surface area contributed by atoms with Gasteiger partial charge in [-0.2, -0.15) is 0 Å². The van der Waals surface area contributed by atoms with Gasteiger partial charge in [0.05, 0.1) is 17.9 Å². The number of aromatic amines is 1. The quantitative estimate of drug-likeness (QED) is 0.133. The van der Waals surface area contributed by atoms with E-state index in [4.69, 9.17) is 4.74 Å². The number of sulfonamides is 1. The van der Waals surface area contributed by atoms with Gasteiger partial charge in [-0.1, -0.05) is 40.7 Å². The van der Waals surface area contributed by atoms with Crippen LogP contribution in [0.15, 0.2) is 75.5 Å². The number of pyridine rings is 1. The normalized spacial score (nSPS) is 12.4. The maximum absolute atomic E-state index is 15.5. The lowest BCUT2D eigenvalue weighted by molar-refractivity contribution is -0.147. The minimum absolute atomic E-state index is 0.00878. The molecular formula is C38H41F2N7O8S. The zero-order valence-electron chi connectivity index (χ0n) is 31.6. The third-order valence-corrected chi connectivity index (χ3v) is 9.87. The summed E-state index contributed by atoms with van der Waals surface area (Å²) in [5.41, 5.74) is -2.08. The number of nitrogens with one attached hydrogen (secondary N) is 4. The summed E-state index contributed by atoms with van der Waals surface area (Å²) >= 11 is 0. The molecule has 2 aromatic carbocycles. The summed E-state index contributed by atoms with van der Waals surface area (Å²) in [6, 6.07) is 6.91. The van der Waals surface area contributed by atoms with E-state index in [-0.39, 0.29) is 41.0 Å². The summed E-state index contributed by atoms with van der Waals surface area (Å²) in [4.78, 5) is 70.9. The smallest absolute Gasteiger partial charge is 0.336 e. The number of H-pyrrole nitrogens is 1. The molecule has 3 aromatic heterocycles. The lowest BCUT2D eigenvalue weighted by Crippen LogP contribution is -2.44. The van der Waals surface area contributed by atoms with Crippen LogP contribution >= 0.6 is 0 Å². The number of hydrogen-bond donors (Lipinski definition) is 4. The average Bonchev–Trinajstić information content (AvgIpc) is 3.55. The molecule has 296 valence electrons. The van der Waals surface area contributed by atoms with Crippen molar-refractivity contribution in [1.82, 2.24) is 24.4 Å². The maximum Gasteiger partial charge on any atom is 0.336 e. The van der Waals surface area contributed by atoms with Gasteiger partial charge in [-0.05, 0) is 48.7 Å². The molecule has 4 N–H and O–H groups in total. The number of carbonyl (C=O) groups excluding carboxylic acids is 3. The Bertz CT molecular complexity index is 2540. The van der Waals surface area contributed by atoms with Crippen LogP contribution in [0.5, 0.6) is 0 Å². The third-order valence-electron chi connectivity index (χ3n) is 8.47. The number of rotatable bonds is 12. The summed E-state index contributed by atoms with van der Waals surface area (Å²) in [6.07, 6.45) is 3.61. The SMILES string of the molecule is Cc1cn(C)c(=O)n(-c2ccc(C[C@H](NC(=O)c3cc(F)c(NS(=O)(=O)c4c[nH]c5cc(NC(=O)C(C)(C)C)ccc45)cc3F)C(=O)OCC(C)C)cn2)c1=O. The molecule has 15 nitrogen and oxygen atoms in total. The maximum atomic E-state index is 15.5. The highest BCUT2D eigenvalue weighted by Gasteiger charge is 2.28. The number of ether oxygens (including phenoxy) is 1. The molecule has 0 bridgehead atoms. The zero-order valence-corrected chi connectivity index (χ0v) is 32.4. The van der Waals surface area contributed by atoms with Gasteiger partial charge in [0, 0.05) is 65.7 Å². The summed E-state index contributed by atoms with van der Waals surface area (Å²) in [7, 11) is -3.04. The fourth-order valence-corrected chi connectivity index (χ4v) is 6.66. The number of aromatic nitrogens is 4. The molecule has 0 aliphatic rings. The number of benzene rings is 2. The Labute approximate surface area is 320 Å². The van der Waals surface area contributed by atoms with Crippen molar-refractivity contribution >= 4 is 50.1 Å². The number of aryl methyl sites for hydroxylation is 2. The minimum Gasteiger partial charge on any atom is -0.464 e. The van der Waals surface area contributed by atoms with Crippen LogP contribution in [0.3, 0.4) is 0 Å². The fourth-order valence-electron chi connectivity index (χ4n) is 5.43. The van der Waals surface area contributed by atoms with Crippen molar-refractivity contribution in [2.24, 2.45) is 18.4 Å². The molecular weight excluding hydrogens is 753 g/mol. The molecule has 0 fully saturated rings. The lowest BCUT2D eigenvalue weighted by atomic mass is 9.95. The molecule has 0 saturated carbocycles. The van der Waals surface area contributed by atoms with Gasteiger partial charge < -0.3 is 24.9 Å². The monoisotopic (exact) mass is 793 g/mol. The number of fused-ring (bicyclic) bond motifs is 1. The van der Waals surface area contributed by atoms with Gasteiger partial charge in [0.25, 0.3) is 21.5 Å². The van der Waals surface area contributed by atoms with Gasteiger partial charge in [0.15, 0.2) is 0 Å². The summed E-state index contributed by atoms with van der Waals surface area (Å²) in [5, 5.41) is 5.31. The van der Waals surface area contributed by atoms with Crippen molar-refractivity contribution in [3.63, 3.8) is 0 Å². The largest absolute Gasteiger partial charge is 0.464 e. The molecule has 3 heterocycles. The van der Waals surface area contributed by atoms with E-state index < -0.39 is 67.5 Å². The topological polar surface area (TPSA) is 203 Å². The number of hydrogen-bond acceptors (Lipinski definition) is 9. The van der Waals surface area contributed by atoms with Crippen molar-refractivity contribution in [2.75, 3.05) is 16.6 Å². The average molecular weight is 794 g/mol. The lowest BCUT2D eigenvalue weighted by Gasteiger charge is -2.19. The first kappa shape index (κ1) is 41.0. The first-order chi connectivity index (χ1) is 26.2. The number of anilines is 2. The second-order valence-corrected chi connectivity index (χ2v) is 16.3. The summed E-state index contributed by atoms with van der Waals surface area (Å²) in [5.74, 6) is -4.99. The molecule has 0 radical (unpaired) electrons. The van der Waals surface area contributed by atoms with Crippen molar-refractivity contribution in [1.29, 1.82) is 0 Å². The highest BCUT2D eigenvalue weighted by Crippen LogP contribution is 2.29. The van der Waals surface area contributed by atoms with Crippen LogP contribution in [-0.4, -0.2) is 58.0 Å². The molecule has 0 saturated heterocycles. The number of esters is 1. The predicted molar refractivity (Wildman–Crippen MR) is 204 cm³/mol. The number of nitrogens with zero attached hydrogens (tertiary/aromatic N) is 3. The van der Waals surface area contributed by atoms with Gasteiger partial charge in [0.2, 0.25) is 5.91 Å². The second kappa shape index (κ2) is 15.9. The third kappa shape index (κ3) is 9.02. The van der Waals surface area contributed by atoms with Gasteiger partial charge in [0.1, 0.15) is 28.4 Å². The van der Waals surface area contributed by atoms with Crippen LogP contribution in [0.25, 0.3) is 16.7 Å². The number of halogens is 2. The van der Waals surface area contributed by atoms with Crippen LogP contribution in [0.1, 0.15) is 56.1 Å². The van der Waals surface area contributed by atoms with E-state index in [1.807, 2.05) is 4.72 Å². The van der Waals surface area contributed by atoms with Crippen LogP contribution in [0.4, 0.5) is 20.2 Å². The van der Waals surface area contributed by atoms with E-state index in [1.54, 1.807) is 41.5 Å². The van der Waals surface area contributed by atoms with Gasteiger partial charge >= 0.3 is 11.7 Å². The molecule has 56 heavy (non-hydrogen) atoms. The Morgan fingerprint density at radius 3 is 2.38 bits per heavy atom. The molecule has 0 unspecified atom stereocenters. The van der Waals surface area contributed by atoms with Crippen molar-refractivity contribution in [3.8, 4) is 5.82 Å². The van der Waals surface area contributed by atoms with E-state index in [0.29, 0.717) is 34.5 Å². The van der Waals surface area contributed by atoms with Crippen LogP contribution in [-0.2, 0) is 37.8 Å². The highest BCUT2D eigenvalue weighted by atomic mass is 32.2. The molecule has 0 aliphatic carbocycles. The molecule has 2 amide bonds. The van der Waals surface area contributed by atoms with Crippen LogP contribution in [0.2, 0.25) is 0 Å². The zero-order chi connectivity index (χ0) is 41.3. The number of carbonyl (C=O) groups is 3. The Hall–Kier alpha value is -6.17. The summed E-state index contributed by atoms with van der Waals surface area (Å²) < 4.78 is 67.0. The first-order valence-electron chi connectivity index (χ1n) is 17.3. The standard InChI is InChI=1S/C38H41F2N7O8S/c1-20(2)19-55-35(50)30(12-22-8-11-32(42-16-22)47-34(49)21(3)18-46(7)37(47)52)44-33(48)25-14-27(40)29(15-26(25)39)45-56(53,54)31-17-41-28-13-23(9-10-24(28)31)43-36(51)38(4,5)6/h8-11,13-18,20,30,41,45H,12,19H2,1-7H3,(H,43,51)(H,44,48)/t30-/m0/s1. The molecule has 0 aliphatic heterocycles. The van der Waals surface area contributed by atoms with Crippen molar-refractivity contribution in [3.05, 3.63) is 110 Å². The van der Waals surface area contributed by atoms with E-state index in [0.717, 1.165) is 10.8 Å². The molecule has 0 spiro atoms. The fraction of sp³-hybridized carbons (Fsp3) is 0.316. The van der Waals surface area contributed by atoms with Crippen LogP contribution in [0, 0.1) is 29.9 Å². The molecule has 18 heteroatoms. The first-order valence-corrected chi connectivity index (χ1v) is 18.8. The van der Waals surface area contributed by atoms with Crippen LogP contribution < -0.4 is 26.6 Å². The molecule has 5 rings (SSSR count). The van der Waals surface area contributed by atoms with E-state index >= 15 is 8.78 Å². The Morgan fingerprint density at radius 2 is 1.73 bits per heavy atom. The van der Waals surface area contributed by atoms with Gasteiger partial charge in [-0.3, -0.25) is 19.1 Å². The van der Waals surface area contributed by atoms with Crippen molar-refractivity contribution < 1.29 is 36.3 Å².